The van der Waals surface area contributed by atoms with Crippen LogP contribution in [-0.4, -0.2) is 43.7 Å². The van der Waals surface area contributed by atoms with Crippen molar-refractivity contribution in [3.05, 3.63) is 0 Å². The molecule has 0 aromatic rings. The van der Waals surface area contributed by atoms with E-state index in [2.05, 4.69) is 24.2 Å². The first kappa shape index (κ1) is 12.3. The molecule has 1 saturated carbocycles. The number of nitrogens with one attached hydrogen (secondary N) is 1. The molecule has 0 aromatic carbocycles. The number of likely N-dealkylation sites (tertiary alicyclic amines) is 1. The Labute approximate surface area is 99.8 Å². The Bertz CT molecular complexity index is 221. The van der Waals surface area contributed by atoms with Crippen molar-refractivity contribution in [3.8, 4) is 0 Å². The van der Waals surface area contributed by atoms with Gasteiger partial charge in [0.25, 0.3) is 0 Å². The third-order valence-electron chi connectivity index (χ3n) is 4.48. The Morgan fingerprint density at radius 1 is 1.31 bits per heavy atom. The van der Waals surface area contributed by atoms with Gasteiger partial charge < -0.3 is 16.0 Å². The molecule has 16 heavy (non-hydrogen) atoms. The van der Waals surface area contributed by atoms with E-state index in [9.17, 15) is 0 Å². The molecule has 1 saturated heterocycles. The predicted molar refractivity (Wildman–Crippen MR) is 68.5 cm³/mol. The van der Waals surface area contributed by atoms with Gasteiger partial charge in [0.1, 0.15) is 0 Å². The minimum Gasteiger partial charge on any atom is -0.328 e. The molecule has 2 rings (SSSR count). The lowest BCUT2D eigenvalue weighted by Gasteiger charge is -2.38. The van der Waals surface area contributed by atoms with Gasteiger partial charge in [-0.3, -0.25) is 0 Å². The van der Waals surface area contributed by atoms with Crippen molar-refractivity contribution in [1.82, 2.24) is 10.2 Å². The van der Waals surface area contributed by atoms with Crippen molar-refractivity contribution in [3.63, 3.8) is 0 Å². The first-order valence-corrected chi connectivity index (χ1v) is 6.75. The fourth-order valence-corrected chi connectivity index (χ4v) is 2.93. The summed E-state index contributed by atoms with van der Waals surface area (Å²) in [6.07, 6.45) is 6.31. The molecule has 0 radical (unpaired) electrons. The summed E-state index contributed by atoms with van der Waals surface area (Å²) < 4.78 is 0. The second-order valence-corrected chi connectivity index (χ2v) is 6.26. The zero-order valence-corrected chi connectivity index (χ0v) is 10.8. The van der Waals surface area contributed by atoms with Gasteiger partial charge in [-0.15, -0.1) is 0 Å². The number of nitrogens with two attached hydrogens (primary N) is 1. The Kier molecular flexibility index (Phi) is 3.88. The molecule has 2 aliphatic rings. The molecule has 3 nitrogen and oxygen atoms in total. The summed E-state index contributed by atoms with van der Waals surface area (Å²) in [7, 11) is 2.23. The number of nitrogens with zero attached hydrogens (tertiary/aromatic N) is 1. The molecule has 3 N–H and O–H groups in total. The Hall–Kier alpha value is -0.120. The van der Waals surface area contributed by atoms with Gasteiger partial charge in [0.15, 0.2) is 0 Å². The van der Waals surface area contributed by atoms with E-state index < -0.39 is 0 Å². The highest BCUT2D eigenvalue weighted by atomic mass is 15.1. The van der Waals surface area contributed by atoms with E-state index in [1.54, 1.807) is 0 Å². The Morgan fingerprint density at radius 3 is 2.56 bits per heavy atom. The summed E-state index contributed by atoms with van der Waals surface area (Å²) in [6, 6.07) is 1.13. The standard InChI is InChI=1S/C13H27N3/c1-13(5-7-16(2)8-6-13)10-15-12-4-3-11(14)9-12/h11-12,15H,3-10,14H2,1-2H3. The summed E-state index contributed by atoms with van der Waals surface area (Å²) >= 11 is 0. The highest BCUT2D eigenvalue weighted by Gasteiger charge is 2.30. The van der Waals surface area contributed by atoms with Crippen molar-refractivity contribution in [2.75, 3.05) is 26.7 Å². The molecule has 2 atom stereocenters. The van der Waals surface area contributed by atoms with Crippen LogP contribution in [0.15, 0.2) is 0 Å². The number of hydrogen-bond donors (Lipinski definition) is 2. The van der Waals surface area contributed by atoms with Crippen LogP contribution in [0.1, 0.15) is 39.0 Å². The molecule has 1 heterocycles. The largest absolute Gasteiger partial charge is 0.328 e. The van der Waals surface area contributed by atoms with E-state index >= 15 is 0 Å². The molecule has 2 unspecified atom stereocenters. The summed E-state index contributed by atoms with van der Waals surface area (Å²) in [5.41, 5.74) is 6.45. The predicted octanol–water partition coefficient (Wildman–Crippen LogP) is 1.19. The van der Waals surface area contributed by atoms with E-state index in [1.807, 2.05) is 0 Å². The Balaban J connectivity index is 1.72. The van der Waals surface area contributed by atoms with Crippen LogP contribution in [-0.2, 0) is 0 Å². The van der Waals surface area contributed by atoms with E-state index in [4.69, 9.17) is 5.73 Å². The molecule has 3 heteroatoms. The quantitative estimate of drug-likeness (QED) is 0.758. The van der Waals surface area contributed by atoms with Crippen molar-refractivity contribution >= 4 is 0 Å². The molecular weight excluding hydrogens is 198 g/mol. The first-order valence-electron chi connectivity index (χ1n) is 6.75. The lowest BCUT2D eigenvalue weighted by atomic mass is 9.80. The van der Waals surface area contributed by atoms with Crippen LogP contribution in [0.25, 0.3) is 0 Å². The van der Waals surface area contributed by atoms with Gasteiger partial charge in [-0.2, -0.15) is 0 Å². The number of piperidine rings is 1. The molecule has 0 spiro atoms. The molecule has 1 aliphatic carbocycles. The van der Waals surface area contributed by atoms with E-state index in [-0.39, 0.29) is 0 Å². The van der Waals surface area contributed by atoms with Crippen LogP contribution in [0.4, 0.5) is 0 Å². The summed E-state index contributed by atoms with van der Waals surface area (Å²) in [6.45, 7) is 6.12. The highest BCUT2D eigenvalue weighted by molar-refractivity contribution is 4.88. The van der Waals surface area contributed by atoms with E-state index in [0.717, 1.165) is 0 Å². The molecule has 0 aromatic heterocycles. The van der Waals surface area contributed by atoms with Crippen LogP contribution in [0.2, 0.25) is 0 Å². The monoisotopic (exact) mass is 225 g/mol. The average Bonchev–Trinajstić information content (AvgIpc) is 2.67. The lowest BCUT2D eigenvalue weighted by molar-refractivity contribution is 0.133. The highest BCUT2D eigenvalue weighted by Crippen LogP contribution is 2.30. The SMILES string of the molecule is CN1CCC(C)(CNC2CCC(N)C2)CC1. The topological polar surface area (TPSA) is 41.3 Å². The minimum atomic E-state index is 0.447. The maximum Gasteiger partial charge on any atom is 0.00825 e. The number of rotatable bonds is 3. The van der Waals surface area contributed by atoms with Crippen molar-refractivity contribution in [2.45, 2.75) is 51.1 Å². The van der Waals surface area contributed by atoms with Gasteiger partial charge >= 0.3 is 0 Å². The molecular formula is C13H27N3. The van der Waals surface area contributed by atoms with Crippen LogP contribution < -0.4 is 11.1 Å². The van der Waals surface area contributed by atoms with Gasteiger partial charge in [0.05, 0.1) is 0 Å². The van der Waals surface area contributed by atoms with Crippen LogP contribution in [0, 0.1) is 5.41 Å². The summed E-state index contributed by atoms with van der Waals surface area (Å²) in [4.78, 5) is 2.44. The van der Waals surface area contributed by atoms with Crippen LogP contribution in [0.3, 0.4) is 0 Å². The van der Waals surface area contributed by atoms with Crippen LogP contribution in [0.5, 0.6) is 0 Å². The summed E-state index contributed by atoms with van der Waals surface area (Å²) in [5, 5.41) is 3.74. The smallest absolute Gasteiger partial charge is 0.00825 e. The first-order chi connectivity index (χ1) is 7.57. The van der Waals surface area contributed by atoms with Crippen molar-refractivity contribution < 1.29 is 0 Å². The fraction of sp³-hybridized carbons (Fsp3) is 1.00. The number of hydrogen-bond acceptors (Lipinski definition) is 3. The average molecular weight is 225 g/mol. The zero-order valence-electron chi connectivity index (χ0n) is 10.8. The second-order valence-electron chi connectivity index (χ2n) is 6.26. The molecule has 1 aliphatic heterocycles. The van der Waals surface area contributed by atoms with E-state index in [0.29, 0.717) is 17.5 Å². The maximum atomic E-state index is 5.94. The van der Waals surface area contributed by atoms with Gasteiger partial charge in [-0.05, 0) is 57.7 Å². The third kappa shape index (κ3) is 3.19. The van der Waals surface area contributed by atoms with Gasteiger partial charge in [-0.25, -0.2) is 0 Å². The minimum absolute atomic E-state index is 0.447. The third-order valence-corrected chi connectivity index (χ3v) is 4.48. The maximum absolute atomic E-state index is 5.94. The lowest BCUT2D eigenvalue weighted by Crippen LogP contribution is -2.44. The van der Waals surface area contributed by atoms with Crippen LogP contribution >= 0.6 is 0 Å². The van der Waals surface area contributed by atoms with Crippen molar-refractivity contribution in [1.29, 1.82) is 0 Å². The zero-order chi connectivity index (χ0) is 11.6. The molecule has 0 amide bonds. The van der Waals surface area contributed by atoms with Crippen molar-refractivity contribution in [2.24, 2.45) is 11.1 Å². The fourth-order valence-electron chi connectivity index (χ4n) is 2.93. The Morgan fingerprint density at radius 2 is 2.00 bits per heavy atom. The van der Waals surface area contributed by atoms with Gasteiger partial charge in [0, 0.05) is 18.6 Å². The molecule has 2 fully saturated rings. The summed E-state index contributed by atoms with van der Waals surface area (Å²) in [5.74, 6) is 0. The van der Waals surface area contributed by atoms with Gasteiger partial charge in [0.2, 0.25) is 0 Å². The van der Waals surface area contributed by atoms with E-state index in [1.165, 1.54) is 51.7 Å². The molecule has 0 bridgehead atoms. The van der Waals surface area contributed by atoms with Gasteiger partial charge in [-0.1, -0.05) is 6.92 Å². The molecule has 94 valence electrons. The second kappa shape index (κ2) is 5.03. The normalized spacial score (nSPS) is 35.4.